The Balaban J connectivity index is 4.05. The van der Waals surface area contributed by atoms with E-state index in [1.54, 1.807) is 0 Å². The first-order valence-electron chi connectivity index (χ1n) is 2.81. The number of aliphatic hydroxyl groups excluding tert-OH is 1. The lowest BCUT2D eigenvalue weighted by atomic mass is 10.3. The first-order valence-corrected chi connectivity index (χ1v) is 2.81. The predicted molar refractivity (Wildman–Crippen MR) is 36.0 cm³/mol. The van der Waals surface area contributed by atoms with E-state index in [0.29, 0.717) is 0 Å². The number of carbonyl (C=O) groups excluding carboxylic acids is 1. The molecule has 1 atom stereocenters. The molecule has 0 aliphatic rings. The van der Waals surface area contributed by atoms with Gasteiger partial charge in [-0.05, 0) is 13.0 Å². The fourth-order valence-electron chi connectivity index (χ4n) is 0.446. The van der Waals surface area contributed by atoms with Crippen LogP contribution >= 0.6 is 0 Å². The van der Waals surface area contributed by atoms with Crippen molar-refractivity contribution in [2.45, 2.75) is 13.0 Å². The highest BCUT2D eigenvalue weighted by Gasteiger charge is 2.03. The topological polar surface area (TPSA) is 72.5 Å². The van der Waals surface area contributed by atoms with E-state index in [1.807, 2.05) is 0 Å². The maximum atomic E-state index is 10.5. The largest absolute Gasteiger partial charge is 0.464 e. The van der Waals surface area contributed by atoms with Crippen LogP contribution in [-0.2, 0) is 9.53 Å². The molecule has 10 heavy (non-hydrogen) atoms. The number of nitrogens with two attached hydrogens (primary N) is 1. The van der Waals surface area contributed by atoms with Crippen LogP contribution in [-0.4, -0.2) is 24.3 Å². The number of rotatable bonds is 2. The number of carbonyl (C=O) groups is 1. The van der Waals surface area contributed by atoms with Crippen molar-refractivity contribution in [1.82, 2.24) is 0 Å². The molecule has 58 valence electrons. The molecule has 0 aliphatic heterocycles. The van der Waals surface area contributed by atoms with Gasteiger partial charge in [0.15, 0.2) is 0 Å². The molecule has 0 saturated carbocycles. The quantitative estimate of drug-likeness (QED) is 0.401. The van der Waals surface area contributed by atoms with Gasteiger partial charge in [0, 0.05) is 0 Å². The lowest BCUT2D eigenvalue weighted by Gasteiger charge is -1.99. The molecule has 0 aromatic carbocycles. The average molecular weight is 145 g/mol. The Labute approximate surface area is 59.3 Å². The summed E-state index contributed by atoms with van der Waals surface area (Å²) < 4.78 is 4.27. The highest BCUT2D eigenvalue weighted by molar-refractivity contribution is 5.87. The van der Waals surface area contributed by atoms with E-state index in [2.05, 4.69) is 4.74 Å². The molecule has 3 N–H and O–H groups in total. The SMILES string of the molecule is COC(=O)/C(N)=C/C(C)O. The maximum absolute atomic E-state index is 10.5. The zero-order chi connectivity index (χ0) is 8.15. The fraction of sp³-hybridized carbons (Fsp3) is 0.500. The van der Waals surface area contributed by atoms with Gasteiger partial charge < -0.3 is 15.6 Å². The third kappa shape index (κ3) is 3.09. The summed E-state index contributed by atoms with van der Waals surface area (Å²) in [6.45, 7) is 1.50. The van der Waals surface area contributed by atoms with Crippen LogP contribution in [0.3, 0.4) is 0 Å². The minimum absolute atomic E-state index is 0.0718. The van der Waals surface area contributed by atoms with Crippen molar-refractivity contribution < 1.29 is 14.6 Å². The minimum Gasteiger partial charge on any atom is -0.464 e. The Morgan fingerprint density at radius 1 is 1.80 bits per heavy atom. The Kier molecular flexibility index (Phi) is 3.49. The van der Waals surface area contributed by atoms with Crippen molar-refractivity contribution in [3.8, 4) is 0 Å². The summed E-state index contributed by atoms with van der Waals surface area (Å²) in [6.07, 6.45) is 0.491. The van der Waals surface area contributed by atoms with Crippen LogP contribution in [0.25, 0.3) is 0 Å². The van der Waals surface area contributed by atoms with Crippen molar-refractivity contribution in [1.29, 1.82) is 0 Å². The number of esters is 1. The first kappa shape index (κ1) is 8.97. The van der Waals surface area contributed by atoms with Crippen molar-refractivity contribution >= 4 is 5.97 Å². The zero-order valence-corrected chi connectivity index (χ0v) is 6.00. The minimum atomic E-state index is -0.723. The molecule has 0 aromatic rings. The average Bonchev–Trinajstić information content (AvgIpc) is 1.85. The summed E-state index contributed by atoms with van der Waals surface area (Å²) in [4.78, 5) is 10.5. The molecule has 0 aromatic heterocycles. The molecule has 0 fully saturated rings. The number of aliphatic hydroxyl groups is 1. The molecule has 0 radical (unpaired) electrons. The second-order valence-electron chi connectivity index (χ2n) is 1.85. The van der Waals surface area contributed by atoms with Gasteiger partial charge in [0.05, 0.1) is 13.2 Å². The summed E-state index contributed by atoms with van der Waals surface area (Å²) in [5.41, 5.74) is 5.08. The maximum Gasteiger partial charge on any atom is 0.353 e. The molecule has 4 heteroatoms. The molecule has 0 aliphatic carbocycles. The van der Waals surface area contributed by atoms with Crippen LogP contribution in [0.1, 0.15) is 6.92 Å². The molecule has 0 saturated heterocycles. The summed E-state index contributed by atoms with van der Waals surface area (Å²) in [7, 11) is 1.23. The number of ether oxygens (including phenoxy) is 1. The van der Waals surface area contributed by atoms with Gasteiger partial charge >= 0.3 is 5.97 Å². The van der Waals surface area contributed by atoms with Gasteiger partial charge in [0.1, 0.15) is 5.70 Å². The summed E-state index contributed by atoms with van der Waals surface area (Å²) in [5.74, 6) is -0.624. The second kappa shape index (κ2) is 3.90. The molecule has 1 unspecified atom stereocenters. The fourth-order valence-corrected chi connectivity index (χ4v) is 0.446. The Morgan fingerprint density at radius 2 is 2.30 bits per heavy atom. The van der Waals surface area contributed by atoms with Gasteiger partial charge in [0.25, 0.3) is 0 Å². The predicted octanol–water partition coefficient (Wildman–Crippen LogP) is -0.617. The van der Waals surface area contributed by atoms with Crippen molar-refractivity contribution in [3.05, 3.63) is 11.8 Å². The van der Waals surface area contributed by atoms with Crippen molar-refractivity contribution in [2.75, 3.05) is 7.11 Å². The van der Waals surface area contributed by atoms with E-state index in [1.165, 1.54) is 20.1 Å². The van der Waals surface area contributed by atoms with E-state index in [0.717, 1.165) is 0 Å². The van der Waals surface area contributed by atoms with Gasteiger partial charge in [-0.3, -0.25) is 0 Å². The highest BCUT2D eigenvalue weighted by atomic mass is 16.5. The van der Waals surface area contributed by atoms with Crippen molar-refractivity contribution in [2.24, 2.45) is 5.73 Å². The van der Waals surface area contributed by atoms with E-state index >= 15 is 0 Å². The van der Waals surface area contributed by atoms with Gasteiger partial charge in [0.2, 0.25) is 0 Å². The molecule has 0 spiro atoms. The van der Waals surface area contributed by atoms with Gasteiger partial charge in [-0.1, -0.05) is 0 Å². The molecular formula is C6H11NO3. The van der Waals surface area contributed by atoms with Crippen LogP contribution in [0.2, 0.25) is 0 Å². The monoisotopic (exact) mass is 145 g/mol. The first-order chi connectivity index (χ1) is 4.57. The summed E-state index contributed by atoms with van der Waals surface area (Å²) >= 11 is 0. The third-order valence-corrected chi connectivity index (χ3v) is 0.842. The van der Waals surface area contributed by atoms with Gasteiger partial charge in [-0.15, -0.1) is 0 Å². The Morgan fingerprint density at radius 3 is 2.60 bits per heavy atom. The summed E-state index contributed by atoms with van der Waals surface area (Å²) in [6, 6.07) is 0. The zero-order valence-electron chi connectivity index (χ0n) is 6.00. The van der Waals surface area contributed by atoms with Crippen LogP contribution < -0.4 is 5.73 Å². The van der Waals surface area contributed by atoms with Crippen molar-refractivity contribution in [3.63, 3.8) is 0 Å². The molecule has 0 heterocycles. The molecule has 0 rings (SSSR count). The lowest BCUT2D eigenvalue weighted by Crippen LogP contribution is -2.15. The van der Waals surface area contributed by atoms with Crippen LogP contribution in [0.4, 0.5) is 0 Å². The van der Waals surface area contributed by atoms with E-state index in [-0.39, 0.29) is 5.70 Å². The number of hydrogen-bond donors (Lipinski definition) is 2. The van der Waals surface area contributed by atoms with E-state index < -0.39 is 12.1 Å². The normalized spacial score (nSPS) is 14.5. The van der Waals surface area contributed by atoms with E-state index in [4.69, 9.17) is 10.8 Å². The smallest absolute Gasteiger partial charge is 0.353 e. The Hall–Kier alpha value is -1.03. The molecule has 4 nitrogen and oxygen atoms in total. The number of methoxy groups -OCH3 is 1. The number of hydrogen-bond acceptors (Lipinski definition) is 4. The van der Waals surface area contributed by atoms with Gasteiger partial charge in [-0.25, -0.2) is 4.79 Å². The summed E-state index contributed by atoms with van der Waals surface area (Å²) in [5, 5.41) is 8.70. The second-order valence-corrected chi connectivity index (χ2v) is 1.85. The Bertz CT molecular complexity index is 151. The third-order valence-electron chi connectivity index (χ3n) is 0.842. The standard InChI is InChI=1S/C6H11NO3/c1-4(8)3-5(7)6(9)10-2/h3-4,8H,7H2,1-2H3/b5-3-. The van der Waals surface area contributed by atoms with Crippen LogP contribution in [0.5, 0.6) is 0 Å². The van der Waals surface area contributed by atoms with Crippen LogP contribution in [0, 0.1) is 0 Å². The molecular weight excluding hydrogens is 134 g/mol. The highest BCUT2D eigenvalue weighted by Crippen LogP contribution is 1.91. The lowest BCUT2D eigenvalue weighted by molar-refractivity contribution is -0.136. The van der Waals surface area contributed by atoms with E-state index in [9.17, 15) is 4.79 Å². The van der Waals surface area contributed by atoms with Gasteiger partial charge in [-0.2, -0.15) is 0 Å². The molecule has 0 amide bonds. The van der Waals surface area contributed by atoms with Crippen LogP contribution in [0.15, 0.2) is 11.8 Å². The molecule has 0 bridgehead atoms.